The summed E-state index contributed by atoms with van der Waals surface area (Å²) >= 11 is 1.79. The fourth-order valence-electron chi connectivity index (χ4n) is 3.95. The van der Waals surface area contributed by atoms with Crippen LogP contribution in [0.15, 0.2) is 30.6 Å². The lowest BCUT2D eigenvalue weighted by molar-refractivity contribution is -0.114. The maximum atomic E-state index is 11.5. The van der Waals surface area contributed by atoms with Gasteiger partial charge >= 0.3 is 0 Å². The maximum Gasteiger partial charge on any atom is 0.222 e. The molecule has 1 aliphatic heterocycles. The fraction of sp³-hybridized carbons (Fsp3) is 0.409. The standard InChI is InChI=1S/C22H26N4O3S/c1-14(27)24-21-9-16-17(11-26(2)19(16)10-23-21)18-7-15(12-28-3)8-20(25-18)22(30-4)5-6-29-13-22/h7-11H,5-6,12-13H2,1-4H3,(H,23,24,27). The van der Waals surface area contributed by atoms with E-state index in [4.69, 9.17) is 14.5 Å². The van der Waals surface area contributed by atoms with Gasteiger partial charge in [0, 0.05) is 44.8 Å². The number of aromatic nitrogens is 3. The lowest BCUT2D eigenvalue weighted by Crippen LogP contribution is -2.23. The van der Waals surface area contributed by atoms with E-state index in [0.29, 0.717) is 19.0 Å². The Bertz CT molecular complexity index is 1090. The van der Waals surface area contributed by atoms with Gasteiger partial charge in [-0.05, 0) is 36.4 Å². The molecule has 0 aromatic carbocycles. The Labute approximate surface area is 180 Å². The van der Waals surface area contributed by atoms with E-state index >= 15 is 0 Å². The molecule has 0 spiro atoms. The van der Waals surface area contributed by atoms with E-state index in [1.54, 1.807) is 25.1 Å². The molecule has 1 aliphatic rings. The molecule has 1 fully saturated rings. The van der Waals surface area contributed by atoms with Crippen LogP contribution < -0.4 is 5.32 Å². The van der Waals surface area contributed by atoms with E-state index in [-0.39, 0.29) is 10.7 Å². The number of nitrogens with zero attached hydrogens (tertiary/aromatic N) is 3. The van der Waals surface area contributed by atoms with Crippen LogP contribution in [0.4, 0.5) is 5.82 Å². The molecule has 0 aliphatic carbocycles. The minimum Gasteiger partial charge on any atom is -0.380 e. The molecule has 7 nitrogen and oxygen atoms in total. The van der Waals surface area contributed by atoms with Gasteiger partial charge in [0.15, 0.2) is 0 Å². The monoisotopic (exact) mass is 426 g/mol. The highest BCUT2D eigenvalue weighted by Gasteiger charge is 2.38. The number of rotatable bonds is 6. The van der Waals surface area contributed by atoms with Crippen LogP contribution in [-0.4, -0.2) is 47.0 Å². The van der Waals surface area contributed by atoms with E-state index in [1.807, 2.05) is 17.7 Å². The first-order valence-corrected chi connectivity index (χ1v) is 11.0. The van der Waals surface area contributed by atoms with E-state index in [9.17, 15) is 4.79 Å². The van der Waals surface area contributed by atoms with Crippen LogP contribution in [0.5, 0.6) is 0 Å². The van der Waals surface area contributed by atoms with Crippen molar-refractivity contribution in [3.8, 4) is 11.3 Å². The van der Waals surface area contributed by atoms with Crippen LogP contribution >= 0.6 is 11.8 Å². The molecule has 1 amide bonds. The van der Waals surface area contributed by atoms with Crippen LogP contribution in [0.2, 0.25) is 0 Å². The topological polar surface area (TPSA) is 78.3 Å². The molecule has 0 radical (unpaired) electrons. The Kier molecular flexibility index (Phi) is 5.81. The molecule has 1 saturated heterocycles. The second kappa shape index (κ2) is 8.37. The molecular formula is C22H26N4O3S. The van der Waals surface area contributed by atoms with Crippen molar-refractivity contribution in [3.63, 3.8) is 0 Å². The number of pyridine rings is 2. The lowest BCUT2D eigenvalue weighted by atomic mass is 9.99. The minimum atomic E-state index is -0.148. The number of anilines is 1. The number of ether oxygens (including phenoxy) is 2. The van der Waals surface area contributed by atoms with E-state index in [1.165, 1.54) is 6.92 Å². The Morgan fingerprint density at radius 3 is 2.90 bits per heavy atom. The average molecular weight is 427 g/mol. The minimum absolute atomic E-state index is 0.147. The van der Waals surface area contributed by atoms with Crippen LogP contribution in [0, 0.1) is 0 Å². The molecule has 1 unspecified atom stereocenters. The molecule has 1 N–H and O–H groups in total. The highest BCUT2D eigenvalue weighted by molar-refractivity contribution is 7.99. The van der Waals surface area contributed by atoms with Gasteiger partial charge in [-0.15, -0.1) is 11.8 Å². The Morgan fingerprint density at radius 1 is 1.40 bits per heavy atom. The van der Waals surface area contributed by atoms with Gasteiger partial charge in [0.1, 0.15) is 5.82 Å². The molecule has 0 saturated carbocycles. The Balaban J connectivity index is 1.89. The first-order valence-electron chi connectivity index (χ1n) is 9.82. The number of nitrogens with one attached hydrogen (secondary N) is 1. The molecule has 4 heterocycles. The van der Waals surface area contributed by atoms with Gasteiger partial charge in [0.05, 0.1) is 41.1 Å². The van der Waals surface area contributed by atoms with Gasteiger partial charge in [-0.3, -0.25) is 9.78 Å². The molecule has 0 bridgehead atoms. The number of amides is 1. The zero-order valence-corrected chi connectivity index (χ0v) is 18.5. The molecular weight excluding hydrogens is 400 g/mol. The van der Waals surface area contributed by atoms with E-state index in [0.717, 1.165) is 46.4 Å². The smallest absolute Gasteiger partial charge is 0.222 e. The third kappa shape index (κ3) is 3.82. The zero-order chi connectivity index (χ0) is 21.3. The number of hydrogen-bond donors (Lipinski definition) is 1. The number of carbonyl (C=O) groups excluding carboxylic acids is 1. The fourth-order valence-corrected chi connectivity index (χ4v) is 4.76. The maximum absolute atomic E-state index is 11.5. The van der Waals surface area contributed by atoms with Crippen molar-refractivity contribution in [2.45, 2.75) is 24.7 Å². The van der Waals surface area contributed by atoms with Gasteiger partial charge in [-0.1, -0.05) is 0 Å². The summed E-state index contributed by atoms with van der Waals surface area (Å²) in [6, 6.07) is 6.11. The Morgan fingerprint density at radius 2 is 2.23 bits per heavy atom. The van der Waals surface area contributed by atoms with Crippen molar-refractivity contribution in [1.29, 1.82) is 0 Å². The normalized spacial score (nSPS) is 18.8. The summed E-state index contributed by atoms with van der Waals surface area (Å²) in [4.78, 5) is 20.9. The van der Waals surface area contributed by atoms with Crippen molar-refractivity contribution < 1.29 is 14.3 Å². The molecule has 1 atom stereocenters. The molecule has 30 heavy (non-hydrogen) atoms. The quantitative estimate of drug-likeness (QED) is 0.647. The summed E-state index contributed by atoms with van der Waals surface area (Å²) in [6.07, 6.45) is 6.88. The molecule has 8 heteroatoms. The summed E-state index contributed by atoms with van der Waals surface area (Å²) in [6.45, 7) is 3.39. The SMILES string of the molecule is COCc1cc(-c2cn(C)c3cnc(NC(C)=O)cc23)nc(C2(SC)CCOC2)c1. The first-order chi connectivity index (χ1) is 14.5. The van der Waals surface area contributed by atoms with E-state index < -0.39 is 0 Å². The average Bonchev–Trinajstić information content (AvgIpc) is 3.33. The van der Waals surface area contributed by atoms with Crippen LogP contribution in [0.3, 0.4) is 0 Å². The molecule has 3 aromatic rings. The van der Waals surface area contributed by atoms with Crippen molar-refractivity contribution in [3.05, 3.63) is 41.9 Å². The molecule has 4 rings (SSSR count). The predicted octanol–water partition coefficient (Wildman–Crippen LogP) is 3.72. The van der Waals surface area contributed by atoms with Gasteiger partial charge in [-0.25, -0.2) is 4.98 Å². The summed E-state index contributed by atoms with van der Waals surface area (Å²) < 4.78 is 13.0. The van der Waals surface area contributed by atoms with Crippen molar-refractivity contribution in [2.75, 3.05) is 31.9 Å². The second-order valence-corrected chi connectivity index (χ2v) is 8.79. The van der Waals surface area contributed by atoms with Gasteiger partial charge in [-0.2, -0.15) is 0 Å². The van der Waals surface area contributed by atoms with Crippen molar-refractivity contribution in [1.82, 2.24) is 14.5 Å². The molecule has 158 valence electrons. The number of methoxy groups -OCH3 is 1. The number of thioether (sulfide) groups is 1. The summed E-state index contributed by atoms with van der Waals surface area (Å²) in [5.41, 5.74) is 4.95. The molecule has 3 aromatic heterocycles. The number of hydrogen-bond acceptors (Lipinski definition) is 6. The summed E-state index contributed by atoms with van der Waals surface area (Å²) in [5.74, 6) is 0.380. The number of fused-ring (bicyclic) bond motifs is 1. The first kappa shape index (κ1) is 20.8. The van der Waals surface area contributed by atoms with E-state index in [2.05, 4.69) is 34.9 Å². The zero-order valence-electron chi connectivity index (χ0n) is 17.7. The Hall–Kier alpha value is -2.42. The van der Waals surface area contributed by atoms with Crippen LogP contribution in [0.25, 0.3) is 22.2 Å². The van der Waals surface area contributed by atoms with Crippen LogP contribution in [0.1, 0.15) is 24.6 Å². The van der Waals surface area contributed by atoms with Crippen molar-refractivity contribution >= 4 is 34.4 Å². The number of carbonyl (C=O) groups is 1. The summed E-state index contributed by atoms with van der Waals surface area (Å²) in [5, 5.41) is 3.76. The second-order valence-electron chi connectivity index (χ2n) is 7.60. The predicted molar refractivity (Wildman–Crippen MR) is 120 cm³/mol. The third-order valence-electron chi connectivity index (χ3n) is 5.50. The van der Waals surface area contributed by atoms with Gasteiger partial charge in [0.2, 0.25) is 5.91 Å². The number of aryl methyl sites for hydroxylation is 1. The van der Waals surface area contributed by atoms with Gasteiger partial charge < -0.3 is 19.4 Å². The van der Waals surface area contributed by atoms with Crippen LogP contribution in [-0.2, 0) is 32.7 Å². The van der Waals surface area contributed by atoms with Gasteiger partial charge in [0.25, 0.3) is 0 Å². The van der Waals surface area contributed by atoms with Crippen molar-refractivity contribution in [2.24, 2.45) is 7.05 Å². The lowest BCUT2D eigenvalue weighted by Gasteiger charge is -2.25. The largest absolute Gasteiger partial charge is 0.380 e. The highest BCUT2D eigenvalue weighted by atomic mass is 32.2. The summed E-state index contributed by atoms with van der Waals surface area (Å²) in [7, 11) is 3.69. The third-order valence-corrected chi connectivity index (χ3v) is 6.81. The highest BCUT2D eigenvalue weighted by Crippen LogP contribution is 2.42.